The van der Waals surface area contributed by atoms with Crippen LogP contribution in [0.5, 0.6) is 5.75 Å². The van der Waals surface area contributed by atoms with E-state index in [0.717, 1.165) is 22.0 Å². The Hall–Kier alpha value is -1.69. The number of benzene rings is 1. The molecule has 0 spiro atoms. The highest BCUT2D eigenvalue weighted by Gasteiger charge is 2.14. The molecule has 2 heterocycles. The third-order valence-electron chi connectivity index (χ3n) is 3.04. The van der Waals surface area contributed by atoms with Crippen LogP contribution in [0.2, 0.25) is 0 Å². The van der Waals surface area contributed by atoms with E-state index in [1.807, 2.05) is 30.3 Å². The number of ether oxygens (including phenoxy) is 1. The van der Waals surface area contributed by atoms with E-state index in [1.54, 1.807) is 29.8 Å². The lowest BCUT2D eigenvalue weighted by molar-refractivity contribution is 0.414. The van der Waals surface area contributed by atoms with Gasteiger partial charge in [0.05, 0.1) is 23.7 Å². The highest BCUT2D eigenvalue weighted by molar-refractivity contribution is 7.14. The number of methoxy groups -OCH3 is 1. The van der Waals surface area contributed by atoms with Crippen LogP contribution in [0.1, 0.15) is 16.6 Å². The monoisotopic (exact) mass is 302 g/mol. The molecular weight excluding hydrogens is 288 g/mol. The quantitative estimate of drug-likeness (QED) is 0.794. The first-order valence-electron chi connectivity index (χ1n) is 6.17. The summed E-state index contributed by atoms with van der Waals surface area (Å²) in [6, 6.07) is 11.7. The van der Waals surface area contributed by atoms with Crippen LogP contribution < -0.4 is 10.5 Å². The van der Waals surface area contributed by atoms with E-state index in [-0.39, 0.29) is 6.04 Å². The van der Waals surface area contributed by atoms with Gasteiger partial charge in [-0.3, -0.25) is 0 Å². The summed E-state index contributed by atoms with van der Waals surface area (Å²) < 4.78 is 5.16. The van der Waals surface area contributed by atoms with Crippen LogP contribution in [-0.4, -0.2) is 12.1 Å². The van der Waals surface area contributed by atoms with Gasteiger partial charge in [-0.15, -0.1) is 22.7 Å². The molecule has 5 heteroatoms. The van der Waals surface area contributed by atoms with Gasteiger partial charge in [-0.05, 0) is 29.1 Å². The number of nitrogens with two attached hydrogens (primary N) is 1. The molecule has 1 aromatic carbocycles. The predicted molar refractivity (Wildman–Crippen MR) is 84.5 cm³/mol. The standard InChI is InChI=1S/C15H14N2OS2/c1-18-11-6-4-10(5-7-11)14(16)15-17-12(9-20-15)13-3-2-8-19-13/h2-9,14H,16H2,1H3. The molecule has 3 rings (SSSR count). The van der Waals surface area contributed by atoms with Crippen LogP contribution in [0.3, 0.4) is 0 Å². The highest BCUT2D eigenvalue weighted by Crippen LogP contribution is 2.30. The topological polar surface area (TPSA) is 48.1 Å². The molecule has 0 bridgehead atoms. The average molecular weight is 302 g/mol. The minimum atomic E-state index is -0.195. The molecule has 0 saturated carbocycles. The smallest absolute Gasteiger partial charge is 0.118 e. The zero-order chi connectivity index (χ0) is 13.9. The molecule has 2 N–H and O–H groups in total. The number of nitrogens with zero attached hydrogens (tertiary/aromatic N) is 1. The van der Waals surface area contributed by atoms with Gasteiger partial charge in [0.2, 0.25) is 0 Å². The van der Waals surface area contributed by atoms with E-state index in [9.17, 15) is 0 Å². The minimum Gasteiger partial charge on any atom is -0.497 e. The first-order chi connectivity index (χ1) is 9.78. The van der Waals surface area contributed by atoms with Crippen molar-refractivity contribution in [2.24, 2.45) is 5.73 Å². The van der Waals surface area contributed by atoms with Crippen molar-refractivity contribution in [1.29, 1.82) is 0 Å². The molecule has 1 atom stereocenters. The van der Waals surface area contributed by atoms with Crippen molar-refractivity contribution >= 4 is 22.7 Å². The van der Waals surface area contributed by atoms with Gasteiger partial charge in [0.1, 0.15) is 10.8 Å². The molecule has 0 radical (unpaired) electrons. The van der Waals surface area contributed by atoms with Gasteiger partial charge in [-0.2, -0.15) is 0 Å². The maximum Gasteiger partial charge on any atom is 0.118 e. The minimum absolute atomic E-state index is 0.195. The fourth-order valence-electron chi connectivity index (χ4n) is 1.92. The maximum absolute atomic E-state index is 6.29. The normalized spacial score (nSPS) is 12.3. The Morgan fingerprint density at radius 2 is 1.95 bits per heavy atom. The van der Waals surface area contributed by atoms with E-state index < -0.39 is 0 Å². The molecule has 1 unspecified atom stereocenters. The number of hydrogen-bond donors (Lipinski definition) is 1. The molecule has 0 aliphatic carbocycles. The molecule has 20 heavy (non-hydrogen) atoms. The second-order valence-electron chi connectivity index (χ2n) is 4.30. The summed E-state index contributed by atoms with van der Waals surface area (Å²) in [5, 5.41) is 5.04. The van der Waals surface area contributed by atoms with Crippen LogP contribution in [0.15, 0.2) is 47.2 Å². The lowest BCUT2D eigenvalue weighted by Gasteiger charge is -2.09. The van der Waals surface area contributed by atoms with Crippen molar-refractivity contribution in [2.75, 3.05) is 7.11 Å². The van der Waals surface area contributed by atoms with Crippen molar-refractivity contribution in [3.05, 3.63) is 57.7 Å². The Morgan fingerprint density at radius 1 is 1.15 bits per heavy atom. The van der Waals surface area contributed by atoms with Gasteiger partial charge in [-0.25, -0.2) is 4.98 Å². The summed E-state index contributed by atoms with van der Waals surface area (Å²) in [6.07, 6.45) is 0. The Bertz CT molecular complexity index is 674. The van der Waals surface area contributed by atoms with E-state index in [0.29, 0.717) is 0 Å². The number of hydrogen-bond acceptors (Lipinski definition) is 5. The molecule has 0 amide bonds. The zero-order valence-corrected chi connectivity index (χ0v) is 12.6. The second kappa shape index (κ2) is 5.75. The molecular formula is C15H14N2OS2. The first kappa shape index (κ1) is 13.3. The zero-order valence-electron chi connectivity index (χ0n) is 10.9. The van der Waals surface area contributed by atoms with Crippen LogP contribution in [0, 0.1) is 0 Å². The third-order valence-corrected chi connectivity index (χ3v) is 4.86. The fraction of sp³-hybridized carbons (Fsp3) is 0.133. The van der Waals surface area contributed by atoms with Crippen molar-refractivity contribution in [3.63, 3.8) is 0 Å². The maximum atomic E-state index is 6.29. The highest BCUT2D eigenvalue weighted by atomic mass is 32.1. The molecule has 3 aromatic rings. The third kappa shape index (κ3) is 2.60. The molecule has 0 saturated heterocycles. The number of thiophene rings is 1. The second-order valence-corrected chi connectivity index (χ2v) is 6.14. The number of rotatable bonds is 4. The summed E-state index contributed by atoms with van der Waals surface area (Å²) in [4.78, 5) is 5.82. The largest absolute Gasteiger partial charge is 0.497 e. The van der Waals surface area contributed by atoms with E-state index in [2.05, 4.69) is 21.8 Å². The first-order valence-corrected chi connectivity index (χ1v) is 7.92. The van der Waals surface area contributed by atoms with Crippen molar-refractivity contribution in [1.82, 2.24) is 4.98 Å². The lowest BCUT2D eigenvalue weighted by Crippen LogP contribution is -2.11. The van der Waals surface area contributed by atoms with Gasteiger partial charge in [0.25, 0.3) is 0 Å². The fourth-order valence-corrected chi connectivity index (χ4v) is 3.53. The molecule has 3 nitrogen and oxygen atoms in total. The van der Waals surface area contributed by atoms with E-state index in [4.69, 9.17) is 10.5 Å². The van der Waals surface area contributed by atoms with E-state index >= 15 is 0 Å². The van der Waals surface area contributed by atoms with Crippen LogP contribution >= 0.6 is 22.7 Å². The molecule has 0 aliphatic rings. The van der Waals surface area contributed by atoms with Gasteiger partial charge >= 0.3 is 0 Å². The van der Waals surface area contributed by atoms with Crippen LogP contribution in [0.4, 0.5) is 0 Å². The molecule has 102 valence electrons. The summed E-state index contributed by atoms with van der Waals surface area (Å²) in [5.41, 5.74) is 8.33. The average Bonchev–Trinajstić information content (AvgIpc) is 3.17. The Balaban J connectivity index is 1.84. The van der Waals surface area contributed by atoms with Crippen LogP contribution in [0.25, 0.3) is 10.6 Å². The molecule has 0 fully saturated rings. The molecule has 2 aromatic heterocycles. The number of aromatic nitrogens is 1. The van der Waals surface area contributed by atoms with Crippen molar-refractivity contribution in [3.8, 4) is 16.3 Å². The Labute approximate surface area is 125 Å². The summed E-state index contributed by atoms with van der Waals surface area (Å²) in [6.45, 7) is 0. The summed E-state index contributed by atoms with van der Waals surface area (Å²) in [7, 11) is 1.66. The van der Waals surface area contributed by atoms with E-state index in [1.165, 1.54) is 4.88 Å². The van der Waals surface area contributed by atoms with Crippen LogP contribution in [-0.2, 0) is 0 Å². The SMILES string of the molecule is COc1ccc(C(N)c2nc(-c3cccs3)cs2)cc1. The van der Waals surface area contributed by atoms with Crippen molar-refractivity contribution in [2.45, 2.75) is 6.04 Å². The van der Waals surface area contributed by atoms with Gasteiger partial charge in [0.15, 0.2) is 0 Å². The Morgan fingerprint density at radius 3 is 2.60 bits per heavy atom. The van der Waals surface area contributed by atoms with Gasteiger partial charge in [0, 0.05) is 5.38 Å². The number of thiazole rings is 1. The van der Waals surface area contributed by atoms with Gasteiger partial charge in [-0.1, -0.05) is 18.2 Å². The Kier molecular flexibility index (Phi) is 3.82. The lowest BCUT2D eigenvalue weighted by atomic mass is 10.1. The predicted octanol–water partition coefficient (Wildman–Crippen LogP) is 3.93. The summed E-state index contributed by atoms with van der Waals surface area (Å²) >= 11 is 3.29. The summed E-state index contributed by atoms with van der Waals surface area (Å²) in [5.74, 6) is 0.833. The van der Waals surface area contributed by atoms with Crippen molar-refractivity contribution < 1.29 is 4.74 Å². The van der Waals surface area contributed by atoms with Gasteiger partial charge < -0.3 is 10.5 Å². The molecule has 0 aliphatic heterocycles.